The van der Waals surface area contributed by atoms with Crippen molar-refractivity contribution in [3.05, 3.63) is 188 Å². The lowest BCUT2D eigenvalue weighted by atomic mass is 9.92. The third kappa shape index (κ3) is 5.05. The third-order valence-electron chi connectivity index (χ3n) is 9.88. The van der Waals surface area contributed by atoms with Gasteiger partial charge in [0.1, 0.15) is 0 Å². The minimum absolute atomic E-state index is 1.13. The molecule has 0 aliphatic carbocycles. The lowest BCUT2D eigenvalue weighted by Crippen LogP contribution is -2.10. The Morgan fingerprint density at radius 1 is 0.314 bits per heavy atom. The highest BCUT2D eigenvalue weighted by Gasteiger charge is 2.21. The molecule has 0 aliphatic heterocycles. The maximum atomic E-state index is 2.44. The fraction of sp³-hybridized carbons (Fsp3) is 0. The van der Waals surface area contributed by atoms with E-state index >= 15 is 0 Å². The van der Waals surface area contributed by atoms with Gasteiger partial charge in [0, 0.05) is 52.6 Å². The van der Waals surface area contributed by atoms with Crippen molar-refractivity contribution in [2.24, 2.45) is 0 Å². The van der Waals surface area contributed by atoms with Crippen LogP contribution in [0.2, 0.25) is 0 Å². The van der Waals surface area contributed by atoms with E-state index in [1.165, 1.54) is 79.4 Å². The van der Waals surface area contributed by atoms with Crippen molar-refractivity contribution in [2.45, 2.75) is 0 Å². The number of hydrogen-bond acceptors (Lipinski definition) is 3. The molecular weight excluding hydrogens is 655 g/mol. The van der Waals surface area contributed by atoms with Crippen LogP contribution in [0.4, 0.5) is 17.1 Å². The van der Waals surface area contributed by atoms with Crippen LogP contribution in [-0.4, -0.2) is 0 Å². The van der Waals surface area contributed by atoms with Crippen LogP contribution < -0.4 is 4.90 Å². The molecule has 0 fully saturated rings. The minimum atomic E-state index is 1.13. The number of thiophene rings is 2. The second kappa shape index (κ2) is 12.4. The molecule has 0 atom stereocenters. The molecule has 2 heterocycles. The second-order valence-electron chi connectivity index (χ2n) is 12.9. The molecule has 3 heteroatoms. The summed E-state index contributed by atoms with van der Waals surface area (Å²) in [6, 6.07) is 68.5. The van der Waals surface area contributed by atoms with Crippen LogP contribution >= 0.6 is 22.7 Å². The molecule has 10 aromatic rings. The van der Waals surface area contributed by atoms with E-state index in [9.17, 15) is 0 Å². The number of fused-ring (bicyclic) bond motifs is 6. The first-order valence-electron chi connectivity index (χ1n) is 17.3. The van der Waals surface area contributed by atoms with Crippen LogP contribution in [0, 0.1) is 0 Å². The molecule has 0 aliphatic rings. The highest BCUT2D eigenvalue weighted by Crippen LogP contribution is 2.49. The highest BCUT2D eigenvalue weighted by molar-refractivity contribution is 7.27. The van der Waals surface area contributed by atoms with Crippen molar-refractivity contribution in [2.75, 3.05) is 4.90 Å². The average molecular weight is 686 g/mol. The molecule has 10 rings (SSSR count). The lowest BCUT2D eigenvalue weighted by molar-refractivity contribution is 1.30. The number of nitrogens with zero attached hydrogens (tertiary/aromatic N) is 1. The SMILES string of the molecule is c1ccc(-c2cc(N(c3ccccc3)c3cccc4c3sc3c(-c5ccccc5)cccc34)ccc2-c2cccc3c2sc2ccccc23)cc1. The zero-order valence-corrected chi connectivity index (χ0v) is 29.3. The van der Waals surface area contributed by atoms with Gasteiger partial charge in [-0.2, -0.15) is 0 Å². The lowest BCUT2D eigenvalue weighted by Gasteiger charge is -2.27. The first kappa shape index (κ1) is 29.9. The zero-order valence-electron chi connectivity index (χ0n) is 27.7. The van der Waals surface area contributed by atoms with Crippen LogP contribution in [0.15, 0.2) is 188 Å². The largest absolute Gasteiger partial charge is 0.309 e. The Morgan fingerprint density at radius 3 is 1.61 bits per heavy atom. The van der Waals surface area contributed by atoms with Gasteiger partial charge in [0.2, 0.25) is 0 Å². The summed E-state index contributed by atoms with van der Waals surface area (Å²) in [5, 5.41) is 5.21. The molecule has 0 N–H and O–H groups in total. The quantitative estimate of drug-likeness (QED) is 0.168. The molecule has 8 aromatic carbocycles. The highest BCUT2D eigenvalue weighted by atomic mass is 32.1. The predicted molar refractivity (Wildman–Crippen MR) is 223 cm³/mol. The number of rotatable bonds is 6. The molecule has 0 amide bonds. The molecule has 1 nitrogen and oxygen atoms in total. The van der Waals surface area contributed by atoms with Crippen LogP contribution in [0.1, 0.15) is 0 Å². The van der Waals surface area contributed by atoms with Gasteiger partial charge in [0.25, 0.3) is 0 Å². The molecule has 240 valence electrons. The van der Waals surface area contributed by atoms with E-state index in [0.29, 0.717) is 0 Å². The van der Waals surface area contributed by atoms with Gasteiger partial charge in [-0.1, -0.05) is 152 Å². The maximum absolute atomic E-state index is 2.44. The molecule has 0 radical (unpaired) electrons. The summed E-state index contributed by atoms with van der Waals surface area (Å²) >= 11 is 3.78. The summed E-state index contributed by atoms with van der Waals surface area (Å²) in [6.07, 6.45) is 0. The van der Waals surface area contributed by atoms with E-state index in [0.717, 1.165) is 11.4 Å². The topological polar surface area (TPSA) is 3.24 Å². The van der Waals surface area contributed by atoms with E-state index in [1.54, 1.807) is 0 Å². The Bertz CT molecular complexity index is 2850. The van der Waals surface area contributed by atoms with Crippen molar-refractivity contribution in [1.82, 2.24) is 0 Å². The molecule has 0 bridgehead atoms. The number of hydrogen-bond donors (Lipinski definition) is 0. The Labute approximate surface area is 304 Å². The molecule has 51 heavy (non-hydrogen) atoms. The van der Waals surface area contributed by atoms with Crippen LogP contribution in [0.5, 0.6) is 0 Å². The Kier molecular flexibility index (Phi) is 7.26. The van der Waals surface area contributed by atoms with E-state index in [-0.39, 0.29) is 0 Å². The van der Waals surface area contributed by atoms with E-state index in [1.807, 2.05) is 22.7 Å². The monoisotopic (exact) mass is 685 g/mol. The molecule has 0 saturated carbocycles. The van der Waals surface area contributed by atoms with Crippen molar-refractivity contribution in [3.63, 3.8) is 0 Å². The summed E-state index contributed by atoms with van der Waals surface area (Å²) in [5.74, 6) is 0. The van der Waals surface area contributed by atoms with Crippen molar-refractivity contribution < 1.29 is 0 Å². The smallest absolute Gasteiger partial charge is 0.0640 e. The normalized spacial score (nSPS) is 11.5. The fourth-order valence-corrected chi connectivity index (χ4v) is 10.1. The number of anilines is 3. The van der Waals surface area contributed by atoms with E-state index < -0.39 is 0 Å². The first-order chi connectivity index (χ1) is 25.3. The molecular formula is C48H31NS2. The zero-order chi connectivity index (χ0) is 33.7. The second-order valence-corrected chi connectivity index (χ2v) is 14.9. The van der Waals surface area contributed by atoms with Gasteiger partial charge in [0.15, 0.2) is 0 Å². The predicted octanol–water partition coefficient (Wildman–Crippen LogP) is 14.9. The van der Waals surface area contributed by atoms with Gasteiger partial charge < -0.3 is 4.90 Å². The van der Waals surface area contributed by atoms with Gasteiger partial charge in [-0.05, 0) is 64.2 Å². The van der Waals surface area contributed by atoms with E-state index in [2.05, 4.69) is 193 Å². The van der Waals surface area contributed by atoms with Gasteiger partial charge >= 0.3 is 0 Å². The molecule has 0 spiro atoms. The standard InChI is InChI=1S/C48H31NS2/c1-4-15-32(16-5-1)36-22-12-25-41-42-26-14-27-44(48(42)51-46(36)41)49(34-19-8-3-9-20-34)35-29-30-37(43(31-35)33-17-6-2-7-18-33)39-23-13-24-40-38-21-10-11-28-45(38)50-47(39)40/h1-31H. The van der Waals surface area contributed by atoms with Crippen molar-refractivity contribution in [1.29, 1.82) is 0 Å². The Balaban J connectivity index is 1.22. The summed E-state index contributed by atoms with van der Waals surface area (Å²) in [5.41, 5.74) is 10.9. The summed E-state index contributed by atoms with van der Waals surface area (Å²) in [7, 11) is 0. The van der Waals surface area contributed by atoms with Crippen molar-refractivity contribution >= 4 is 80.1 Å². The van der Waals surface area contributed by atoms with Gasteiger partial charge in [-0.3, -0.25) is 0 Å². The third-order valence-corrected chi connectivity index (χ3v) is 12.4. The maximum Gasteiger partial charge on any atom is 0.0640 e. The summed E-state index contributed by atoms with van der Waals surface area (Å²) in [4.78, 5) is 2.44. The van der Waals surface area contributed by atoms with Crippen LogP contribution in [0.25, 0.3) is 73.7 Å². The van der Waals surface area contributed by atoms with Crippen LogP contribution in [-0.2, 0) is 0 Å². The summed E-state index contributed by atoms with van der Waals surface area (Å²) in [6.45, 7) is 0. The molecule has 2 aromatic heterocycles. The summed E-state index contributed by atoms with van der Waals surface area (Å²) < 4.78 is 5.24. The Hall–Kier alpha value is -6.00. The fourth-order valence-electron chi connectivity index (χ4n) is 7.55. The van der Waals surface area contributed by atoms with Gasteiger partial charge in [-0.15, -0.1) is 22.7 Å². The van der Waals surface area contributed by atoms with Crippen LogP contribution in [0.3, 0.4) is 0 Å². The number of benzene rings is 8. The number of para-hydroxylation sites is 1. The van der Waals surface area contributed by atoms with Gasteiger partial charge in [0.05, 0.1) is 10.4 Å². The Morgan fingerprint density at radius 2 is 0.863 bits per heavy atom. The molecule has 0 saturated heterocycles. The molecule has 0 unspecified atom stereocenters. The average Bonchev–Trinajstić information content (AvgIpc) is 3.79. The van der Waals surface area contributed by atoms with E-state index in [4.69, 9.17) is 0 Å². The van der Waals surface area contributed by atoms with Gasteiger partial charge in [-0.25, -0.2) is 0 Å². The first-order valence-corrected chi connectivity index (χ1v) is 18.9. The minimum Gasteiger partial charge on any atom is -0.309 e. The van der Waals surface area contributed by atoms with Crippen molar-refractivity contribution in [3.8, 4) is 33.4 Å².